The van der Waals surface area contributed by atoms with Gasteiger partial charge in [-0.1, -0.05) is 134 Å². The molecule has 35 heavy (non-hydrogen) atoms. The molecule has 0 spiro atoms. The van der Waals surface area contributed by atoms with Gasteiger partial charge in [0, 0.05) is 5.41 Å². The van der Waals surface area contributed by atoms with Crippen molar-refractivity contribution in [3.63, 3.8) is 0 Å². The standard InChI is InChI=1S/C35H38/c1-33(2,3)29-22-27-26-16-12-13-17-28(26)35(7,8)31(27)30(32(29)34(4,5)6)25-20-18-24(19-21-25)23-14-10-9-11-15-23/h9-22H,1-8H3. The molecule has 1 aliphatic rings. The molecule has 0 aromatic heterocycles. The average Bonchev–Trinajstić information content (AvgIpc) is 3.05. The fourth-order valence-electron chi connectivity index (χ4n) is 6.06. The molecule has 178 valence electrons. The van der Waals surface area contributed by atoms with E-state index in [0.29, 0.717) is 0 Å². The van der Waals surface area contributed by atoms with E-state index < -0.39 is 0 Å². The maximum atomic E-state index is 2.52. The molecule has 4 aromatic rings. The van der Waals surface area contributed by atoms with Gasteiger partial charge in [0.1, 0.15) is 0 Å². The van der Waals surface area contributed by atoms with Crippen LogP contribution < -0.4 is 0 Å². The van der Waals surface area contributed by atoms with Gasteiger partial charge in [0.25, 0.3) is 0 Å². The Kier molecular flexibility index (Phi) is 5.37. The van der Waals surface area contributed by atoms with Crippen LogP contribution in [0.1, 0.15) is 77.6 Å². The van der Waals surface area contributed by atoms with Crippen LogP contribution in [0.4, 0.5) is 0 Å². The quantitative estimate of drug-likeness (QED) is 0.280. The number of hydrogen-bond donors (Lipinski definition) is 0. The van der Waals surface area contributed by atoms with E-state index in [1.165, 1.54) is 55.6 Å². The summed E-state index contributed by atoms with van der Waals surface area (Å²) < 4.78 is 0. The van der Waals surface area contributed by atoms with Gasteiger partial charge in [0.15, 0.2) is 0 Å². The molecule has 0 amide bonds. The third kappa shape index (κ3) is 3.84. The minimum absolute atomic E-state index is 0.00985. The maximum absolute atomic E-state index is 2.52. The van der Waals surface area contributed by atoms with Crippen LogP contribution in [0, 0.1) is 0 Å². The van der Waals surface area contributed by atoms with Crippen molar-refractivity contribution in [2.75, 3.05) is 0 Å². The predicted octanol–water partition coefficient (Wildman–Crippen LogP) is 9.92. The van der Waals surface area contributed by atoms with Gasteiger partial charge in [-0.3, -0.25) is 0 Å². The van der Waals surface area contributed by atoms with Crippen molar-refractivity contribution in [3.8, 4) is 33.4 Å². The summed E-state index contributed by atoms with van der Waals surface area (Å²) in [6, 6.07) is 31.5. The van der Waals surface area contributed by atoms with Crippen LogP contribution in [0.2, 0.25) is 0 Å². The second-order valence-electron chi connectivity index (χ2n) is 12.7. The largest absolute Gasteiger partial charge is 0.0622 e. The van der Waals surface area contributed by atoms with Crippen molar-refractivity contribution in [3.05, 3.63) is 107 Å². The van der Waals surface area contributed by atoms with Gasteiger partial charge in [-0.2, -0.15) is 0 Å². The molecule has 1 aliphatic carbocycles. The van der Waals surface area contributed by atoms with Gasteiger partial charge in [-0.15, -0.1) is 0 Å². The Hall–Kier alpha value is -3.12. The smallest absolute Gasteiger partial charge is 0.0165 e. The van der Waals surface area contributed by atoms with Gasteiger partial charge in [-0.25, -0.2) is 0 Å². The predicted molar refractivity (Wildman–Crippen MR) is 152 cm³/mol. The minimum Gasteiger partial charge on any atom is -0.0622 e. The summed E-state index contributed by atoms with van der Waals surface area (Å²) in [6.45, 7) is 19.0. The lowest BCUT2D eigenvalue weighted by Gasteiger charge is -2.36. The summed E-state index contributed by atoms with van der Waals surface area (Å²) in [5, 5.41) is 0. The highest BCUT2D eigenvalue weighted by atomic mass is 14.4. The minimum atomic E-state index is -0.0597. The Morgan fingerprint density at radius 3 is 1.69 bits per heavy atom. The van der Waals surface area contributed by atoms with E-state index in [2.05, 4.69) is 140 Å². The summed E-state index contributed by atoms with van der Waals surface area (Å²) in [6.07, 6.45) is 0. The second-order valence-corrected chi connectivity index (χ2v) is 12.7. The highest BCUT2D eigenvalue weighted by Gasteiger charge is 2.41. The lowest BCUT2D eigenvalue weighted by atomic mass is 9.67. The molecule has 0 unspecified atom stereocenters. The summed E-state index contributed by atoms with van der Waals surface area (Å²) in [4.78, 5) is 0. The number of fused-ring (bicyclic) bond motifs is 3. The zero-order chi connectivity index (χ0) is 25.2. The number of rotatable bonds is 2. The summed E-state index contributed by atoms with van der Waals surface area (Å²) in [7, 11) is 0. The van der Waals surface area contributed by atoms with E-state index in [4.69, 9.17) is 0 Å². The molecule has 4 aromatic carbocycles. The zero-order valence-electron chi connectivity index (χ0n) is 22.6. The van der Waals surface area contributed by atoms with Crippen LogP contribution in [-0.4, -0.2) is 0 Å². The van der Waals surface area contributed by atoms with Crippen molar-refractivity contribution in [1.29, 1.82) is 0 Å². The van der Waals surface area contributed by atoms with Crippen LogP contribution in [0.25, 0.3) is 33.4 Å². The van der Waals surface area contributed by atoms with Crippen molar-refractivity contribution in [2.24, 2.45) is 0 Å². The molecule has 0 saturated heterocycles. The summed E-state index contributed by atoms with van der Waals surface area (Å²) >= 11 is 0. The fourth-order valence-corrected chi connectivity index (χ4v) is 6.06. The monoisotopic (exact) mass is 458 g/mol. The molecular formula is C35H38. The van der Waals surface area contributed by atoms with Gasteiger partial charge in [-0.05, 0) is 72.5 Å². The summed E-state index contributed by atoms with van der Waals surface area (Å²) in [5.74, 6) is 0. The van der Waals surface area contributed by atoms with E-state index >= 15 is 0 Å². The van der Waals surface area contributed by atoms with E-state index in [9.17, 15) is 0 Å². The molecule has 0 nitrogen and oxygen atoms in total. The van der Waals surface area contributed by atoms with Gasteiger partial charge < -0.3 is 0 Å². The molecule has 0 bridgehead atoms. The topological polar surface area (TPSA) is 0 Å². The van der Waals surface area contributed by atoms with Crippen molar-refractivity contribution >= 4 is 0 Å². The SMILES string of the molecule is CC(C)(C)c1cc2c(c(-c3ccc(-c4ccccc4)cc3)c1C(C)(C)C)C(C)(C)c1ccccc1-2. The Balaban J connectivity index is 1.87. The fraction of sp³-hybridized carbons (Fsp3) is 0.314. The van der Waals surface area contributed by atoms with Crippen LogP contribution in [0.5, 0.6) is 0 Å². The molecule has 5 rings (SSSR count). The Morgan fingerprint density at radius 2 is 1.09 bits per heavy atom. The van der Waals surface area contributed by atoms with E-state index in [0.717, 1.165) is 0 Å². The summed E-state index contributed by atoms with van der Waals surface area (Å²) in [5.41, 5.74) is 13.9. The first kappa shape index (κ1) is 23.6. The molecular weight excluding hydrogens is 420 g/mol. The third-order valence-corrected chi connectivity index (χ3v) is 7.68. The molecule has 0 atom stereocenters. The molecule has 0 heteroatoms. The van der Waals surface area contributed by atoms with Crippen LogP contribution >= 0.6 is 0 Å². The lowest BCUT2D eigenvalue weighted by molar-refractivity contribution is 0.529. The van der Waals surface area contributed by atoms with Crippen molar-refractivity contribution < 1.29 is 0 Å². The van der Waals surface area contributed by atoms with Gasteiger partial charge in [0.2, 0.25) is 0 Å². The Bertz CT molecular complexity index is 1390. The third-order valence-electron chi connectivity index (χ3n) is 7.68. The lowest BCUT2D eigenvalue weighted by Crippen LogP contribution is -2.26. The van der Waals surface area contributed by atoms with Crippen LogP contribution in [-0.2, 0) is 16.2 Å². The first-order chi connectivity index (χ1) is 16.4. The molecule has 0 heterocycles. The van der Waals surface area contributed by atoms with Crippen molar-refractivity contribution in [1.82, 2.24) is 0 Å². The van der Waals surface area contributed by atoms with E-state index in [1.807, 2.05) is 0 Å². The van der Waals surface area contributed by atoms with Gasteiger partial charge in [0.05, 0.1) is 0 Å². The zero-order valence-corrected chi connectivity index (χ0v) is 22.6. The first-order valence-electron chi connectivity index (χ1n) is 12.9. The van der Waals surface area contributed by atoms with Gasteiger partial charge >= 0.3 is 0 Å². The molecule has 0 fully saturated rings. The second kappa shape index (κ2) is 7.95. The van der Waals surface area contributed by atoms with Crippen LogP contribution in [0.3, 0.4) is 0 Å². The highest BCUT2D eigenvalue weighted by Crippen LogP contribution is 2.56. The van der Waals surface area contributed by atoms with Crippen LogP contribution in [0.15, 0.2) is 84.9 Å². The Labute approximate surface area is 212 Å². The van der Waals surface area contributed by atoms with E-state index in [-0.39, 0.29) is 16.2 Å². The molecule has 0 aliphatic heterocycles. The number of hydrogen-bond acceptors (Lipinski definition) is 0. The average molecular weight is 459 g/mol. The molecule has 0 N–H and O–H groups in total. The number of benzene rings is 4. The maximum Gasteiger partial charge on any atom is 0.0165 e. The Morgan fingerprint density at radius 1 is 0.543 bits per heavy atom. The highest BCUT2D eigenvalue weighted by molar-refractivity contribution is 5.91. The normalized spacial score (nSPS) is 14.5. The molecule has 0 radical (unpaired) electrons. The first-order valence-corrected chi connectivity index (χ1v) is 12.9. The van der Waals surface area contributed by atoms with E-state index in [1.54, 1.807) is 0 Å². The molecule has 0 saturated carbocycles. The van der Waals surface area contributed by atoms with Crippen molar-refractivity contribution in [2.45, 2.75) is 71.6 Å².